The van der Waals surface area contributed by atoms with E-state index in [0.29, 0.717) is 0 Å². The minimum absolute atomic E-state index is 0.251. The third-order valence-corrected chi connectivity index (χ3v) is 3.26. The number of hydrogen-bond donors (Lipinski definition) is 1. The third-order valence-electron chi connectivity index (χ3n) is 2.19. The summed E-state index contributed by atoms with van der Waals surface area (Å²) in [6.45, 7) is 2.06. The van der Waals surface area contributed by atoms with Gasteiger partial charge in [-0.2, -0.15) is 11.8 Å². The first-order valence-electron chi connectivity index (χ1n) is 4.12. The van der Waals surface area contributed by atoms with Crippen molar-refractivity contribution in [2.75, 3.05) is 5.75 Å². The minimum atomic E-state index is -0.251. The van der Waals surface area contributed by atoms with Gasteiger partial charge in [-0.05, 0) is 18.1 Å². The van der Waals surface area contributed by atoms with Crippen LogP contribution >= 0.6 is 11.8 Å². The second-order valence-electron chi connectivity index (χ2n) is 3.23. The summed E-state index contributed by atoms with van der Waals surface area (Å²) in [4.78, 5) is 0. The van der Waals surface area contributed by atoms with Crippen LogP contribution in [0.4, 0.5) is 0 Å². The van der Waals surface area contributed by atoms with Crippen LogP contribution in [0.15, 0.2) is 18.2 Å². The summed E-state index contributed by atoms with van der Waals surface area (Å²) in [5, 5.41) is 9.66. The van der Waals surface area contributed by atoms with Gasteiger partial charge in [0.15, 0.2) is 0 Å². The fraction of sp³-hybridized carbons (Fsp3) is 0.400. The highest BCUT2D eigenvalue weighted by Crippen LogP contribution is 2.31. The van der Waals surface area contributed by atoms with Gasteiger partial charge in [0.05, 0.1) is 6.10 Å². The number of hydrogen-bond acceptors (Lipinski definition) is 2. The molecule has 1 aliphatic rings. The Morgan fingerprint density at radius 2 is 2.33 bits per heavy atom. The Morgan fingerprint density at radius 1 is 1.50 bits per heavy atom. The van der Waals surface area contributed by atoms with E-state index in [-0.39, 0.29) is 6.10 Å². The molecule has 0 saturated heterocycles. The highest BCUT2D eigenvalue weighted by molar-refractivity contribution is 7.98. The molecule has 1 aliphatic heterocycles. The maximum Gasteiger partial charge on any atom is 0.0883 e. The van der Waals surface area contributed by atoms with Gasteiger partial charge in [-0.1, -0.05) is 23.8 Å². The maximum atomic E-state index is 9.66. The summed E-state index contributed by atoms with van der Waals surface area (Å²) in [5.41, 5.74) is 3.66. The zero-order valence-corrected chi connectivity index (χ0v) is 7.90. The molecule has 0 amide bonds. The molecule has 12 heavy (non-hydrogen) atoms. The van der Waals surface area contributed by atoms with E-state index in [0.717, 1.165) is 17.1 Å². The zero-order chi connectivity index (χ0) is 8.55. The summed E-state index contributed by atoms with van der Waals surface area (Å²) in [5.74, 6) is 1.89. The molecule has 2 heteroatoms. The van der Waals surface area contributed by atoms with E-state index in [2.05, 4.69) is 25.1 Å². The molecule has 1 nitrogen and oxygen atoms in total. The molecular weight excluding hydrogens is 168 g/mol. The van der Waals surface area contributed by atoms with Gasteiger partial charge < -0.3 is 5.11 Å². The normalized spacial score (nSPS) is 22.0. The van der Waals surface area contributed by atoms with Crippen molar-refractivity contribution in [2.24, 2.45) is 0 Å². The molecule has 1 N–H and O–H groups in total. The number of aliphatic hydroxyl groups excluding tert-OH is 1. The molecule has 0 bridgehead atoms. The Hall–Kier alpha value is -0.470. The van der Waals surface area contributed by atoms with Crippen LogP contribution in [0.2, 0.25) is 0 Å². The SMILES string of the molecule is Cc1ccc2c(c1)[C@@H](O)CSC2. The molecule has 0 unspecified atom stereocenters. The Labute approximate surface area is 76.8 Å². The predicted octanol–water partition coefficient (Wildman–Crippen LogP) is 2.28. The second-order valence-corrected chi connectivity index (χ2v) is 4.26. The second kappa shape index (κ2) is 3.11. The third kappa shape index (κ3) is 1.37. The molecule has 1 heterocycles. The topological polar surface area (TPSA) is 20.2 Å². The van der Waals surface area contributed by atoms with Crippen molar-refractivity contribution in [2.45, 2.75) is 18.8 Å². The van der Waals surface area contributed by atoms with Crippen LogP contribution in [0.3, 0.4) is 0 Å². The number of aryl methyl sites for hydroxylation is 1. The fourth-order valence-electron chi connectivity index (χ4n) is 1.53. The predicted molar refractivity (Wildman–Crippen MR) is 52.3 cm³/mol. The van der Waals surface area contributed by atoms with E-state index in [9.17, 15) is 5.11 Å². The highest BCUT2D eigenvalue weighted by Gasteiger charge is 2.17. The van der Waals surface area contributed by atoms with Gasteiger partial charge in [0.25, 0.3) is 0 Å². The Bertz CT molecular complexity index is 296. The zero-order valence-electron chi connectivity index (χ0n) is 7.08. The summed E-state index contributed by atoms with van der Waals surface area (Å²) < 4.78 is 0. The molecule has 0 aliphatic carbocycles. The summed E-state index contributed by atoms with van der Waals surface area (Å²) in [6.07, 6.45) is -0.251. The van der Waals surface area contributed by atoms with Gasteiger partial charge in [0.1, 0.15) is 0 Å². The molecule has 1 aromatic rings. The van der Waals surface area contributed by atoms with Crippen LogP contribution in [0.1, 0.15) is 22.8 Å². The lowest BCUT2D eigenvalue weighted by atomic mass is 10.0. The van der Waals surface area contributed by atoms with E-state index in [4.69, 9.17) is 0 Å². The number of fused-ring (bicyclic) bond motifs is 1. The standard InChI is InChI=1S/C10H12OS/c1-7-2-3-8-5-12-6-10(11)9(8)4-7/h2-4,10-11H,5-6H2,1H3/t10-/m0/s1. The first-order chi connectivity index (χ1) is 5.77. The van der Waals surface area contributed by atoms with E-state index in [1.807, 2.05) is 0 Å². The minimum Gasteiger partial charge on any atom is -0.388 e. The number of aliphatic hydroxyl groups is 1. The molecule has 64 valence electrons. The number of thioether (sulfide) groups is 1. The van der Waals surface area contributed by atoms with E-state index < -0.39 is 0 Å². The van der Waals surface area contributed by atoms with Crippen molar-refractivity contribution in [3.63, 3.8) is 0 Å². The van der Waals surface area contributed by atoms with E-state index >= 15 is 0 Å². The quantitative estimate of drug-likeness (QED) is 0.661. The van der Waals surface area contributed by atoms with E-state index in [1.54, 1.807) is 11.8 Å². The molecule has 0 spiro atoms. The molecule has 0 fully saturated rings. The summed E-state index contributed by atoms with van der Waals surface area (Å²) >= 11 is 1.80. The average Bonchev–Trinajstić information content (AvgIpc) is 2.07. The maximum absolute atomic E-state index is 9.66. The van der Waals surface area contributed by atoms with Crippen LogP contribution in [0, 0.1) is 6.92 Å². The van der Waals surface area contributed by atoms with Crippen LogP contribution in [0.25, 0.3) is 0 Å². The molecule has 0 radical (unpaired) electrons. The van der Waals surface area contributed by atoms with E-state index in [1.165, 1.54) is 11.1 Å². The molecule has 1 atom stereocenters. The van der Waals surface area contributed by atoms with Crippen LogP contribution < -0.4 is 0 Å². The molecule has 2 rings (SSSR count). The van der Waals surface area contributed by atoms with Crippen LogP contribution in [-0.4, -0.2) is 10.9 Å². The van der Waals surface area contributed by atoms with Crippen molar-refractivity contribution in [3.8, 4) is 0 Å². The number of rotatable bonds is 0. The van der Waals surface area contributed by atoms with Crippen molar-refractivity contribution in [1.29, 1.82) is 0 Å². The van der Waals surface area contributed by atoms with Crippen LogP contribution in [-0.2, 0) is 5.75 Å². The smallest absolute Gasteiger partial charge is 0.0883 e. The van der Waals surface area contributed by atoms with Crippen LogP contribution in [0.5, 0.6) is 0 Å². The lowest BCUT2D eigenvalue weighted by Gasteiger charge is -2.21. The largest absolute Gasteiger partial charge is 0.388 e. The lowest BCUT2D eigenvalue weighted by Crippen LogP contribution is -2.09. The molecule has 1 aromatic carbocycles. The van der Waals surface area contributed by atoms with Gasteiger partial charge >= 0.3 is 0 Å². The monoisotopic (exact) mass is 180 g/mol. The van der Waals surface area contributed by atoms with Gasteiger partial charge in [0.2, 0.25) is 0 Å². The first kappa shape index (κ1) is 8.14. The van der Waals surface area contributed by atoms with Crippen molar-refractivity contribution in [1.82, 2.24) is 0 Å². The lowest BCUT2D eigenvalue weighted by molar-refractivity contribution is 0.201. The first-order valence-corrected chi connectivity index (χ1v) is 5.28. The fourth-order valence-corrected chi connectivity index (χ4v) is 2.53. The van der Waals surface area contributed by atoms with Gasteiger partial charge in [-0.25, -0.2) is 0 Å². The van der Waals surface area contributed by atoms with Gasteiger partial charge in [-0.3, -0.25) is 0 Å². The Kier molecular flexibility index (Phi) is 2.11. The van der Waals surface area contributed by atoms with Crippen molar-refractivity contribution in [3.05, 3.63) is 34.9 Å². The van der Waals surface area contributed by atoms with Crippen molar-refractivity contribution >= 4 is 11.8 Å². The highest BCUT2D eigenvalue weighted by atomic mass is 32.2. The summed E-state index contributed by atoms with van der Waals surface area (Å²) in [6, 6.07) is 6.33. The average molecular weight is 180 g/mol. The number of benzene rings is 1. The Morgan fingerprint density at radius 3 is 3.17 bits per heavy atom. The van der Waals surface area contributed by atoms with Crippen molar-refractivity contribution < 1.29 is 5.11 Å². The van der Waals surface area contributed by atoms with Gasteiger partial charge in [-0.15, -0.1) is 0 Å². The Balaban J connectivity index is 2.47. The molecule has 0 aromatic heterocycles. The summed E-state index contributed by atoms with van der Waals surface area (Å²) in [7, 11) is 0. The molecular formula is C10H12OS. The molecule has 0 saturated carbocycles. The van der Waals surface area contributed by atoms with Gasteiger partial charge in [0, 0.05) is 11.5 Å².